The molecule has 0 unspecified atom stereocenters. The van der Waals surface area contributed by atoms with E-state index < -0.39 is 0 Å². The lowest BCUT2D eigenvalue weighted by molar-refractivity contribution is -0.113. The Balaban J connectivity index is 2.20. The summed E-state index contributed by atoms with van der Waals surface area (Å²) in [5.74, 6) is 0. The Hall–Kier alpha value is -0.370. The highest BCUT2D eigenvalue weighted by Gasteiger charge is 2.64. The number of nitrogens with one attached hydrogen (secondary N) is 1. The Morgan fingerprint density at radius 3 is 2.90 bits per heavy atom. The van der Waals surface area contributed by atoms with Crippen LogP contribution in [0.2, 0.25) is 0 Å². The van der Waals surface area contributed by atoms with Crippen LogP contribution in [-0.2, 0) is 4.79 Å². The summed E-state index contributed by atoms with van der Waals surface area (Å²) < 4.78 is 0. The van der Waals surface area contributed by atoms with Gasteiger partial charge in [0, 0.05) is 12.0 Å². The molecule has 2 aliphatic rings. The van der Waals surface area contributed by atoms with Gasteiger partial charge in [-0.3, -0.25) is 0 Å². The molecule has 0 aromatic heterocycles. The van der Waals surface area contributed by atoms with Crippen LogP contribution in [0.1, 0.15) is 19.8 Å². The van der Waals surface area contributed by atoms with Gasteiger partial charge in [0.1, 0.15) is 6.29 Å². The van der Waals surface area contributed by atoms with E-state index in [1.54, 1.807) is 0 Å². The van der Waals surface area contributed by atoms with Crippen LogP contribution in [0.15, 0.2) is 0 Å². The van der Waals surface area contributed by atoms with Crippen molar-refractivity contribution in [3.05, 3.63) is 0 Å². The fraction of sp³-hybridized carbons (Fsp3) is 0.875. The van der Waals surface area contributed by atoms with Crippen molar-refractivity contribution in [3.63, 3.8) is 0 Å². The van der Waals surface area contributed by atoms with Crippen molar-refractivity contribution in [1.29, 1.82) is 0 Å². The van der Waals surface area contributed by atoms with Crippen LogP contribution in [0.5, 0.6) is 0 Å². The molecule has 1 saturated heterocycles. The van der Waals surface area contributed by atoms with Crippen LogP contribution >= 0.6 is 0 Å². The van der Waals surface area contributed by atoms with Crippen LogP contribution in [0.4, 0.5) is 0 Å². The standard InChI is InChI=1S/C8H13NO/c1-7-2-3-9-5-8(7,4-7)6-10/h6,9H,2-5H2,1H3/t7-,8-/m1/s1. The highest BCUT2D eigenvalue weighted by Crippen LogP contribution is 2.65. The molecular weight excluding hydrogens is 126 g/mol. The van der Waals surface area contributed by atoms with Crippen LogP contribution in [-0.4, -0.2) is 19.4 Å². The van der Waals surface area contributed by atoms with Gasteiger partial charge in [-0.25, -0.2) is 0 Å². The Morgan fingerprint density at radius 1 is 1.60 bits per heavy atom. The molecule has 2 rings (SSSR count). The Labute approximate surface area is 61.0 Å². The lowest BCUT2D eigenvalue weighted by Gasteiger charge is -2.23. The molecule has 2 atom stereocenters. The Bertz CT molecular complexity index is 176. The molecule has 1 heterocycles. The molecule has 0 spiro atoms. The van der Waals surface area contributed by atoms with E-state index in [9.17, 15) is 4.79 Å². The van der Waals surface area contributed by atoms with Gasteiger partial charge < -0.3 is 10.1 Å². The van der Waals surface area contributed by atoms with E-state index in [1.807, 2.05) is 0 Å². The van der Waals surface area contributed by atoms with E-state index in [-0.39, 0.29) is 5.41 Å². The minimum atomic E-state index is 0.0330. The molecule has 0 aromatic carbocycles. The van der Waals surface area contributed by atoms with Crippen molar-refractivity contribution in [2.24, 2.45) is 10.8 Å². The molecule has 1 aliphatic heterocycles. The minimum absolute atomic E-state index is 0.0330. The molecule has 10 heavy (non-hydrogen) atoms. The summed E-state index contributed by atoms with van der Waals surface area (Å²) >= 11 is 0. The fourth-order valence-electron chi connectivity index (χ4n) is 2.17. The number of carbonyl (C=O) groups is 1. The number of fused-ring (bicyclic) bond motifs is 1. The minimum Gasteiger partial charge on any atom is -0.316 e. The molecule has 2 fully saturated rings. The second-order valence-corrected chi connectivity index (χ2v) is 3.94. The van der Waals surface area contributed by atoms with Crippen molar-refractivity contribution in [1.82, 2.24) is 5.32 Å². The van der Waals surface area contributed by atoms with Crippen molar-refractivity contribution >= 4 is 6.29 Å². The predicted octanol–water partition coefficient (Wildman–Crippen LogP) is 0.575. The van der Waals surface area contributed by atoms with Gasteiger partial charge in [-0.15, -0.1) is 0 Å². The molecule has 0 bridgehead atoms. The van der Waals surface area contributed by atoms with Gasteiger partial charge >= 0.3 is 0 Å². The summed E-state index contributed by atoms with van der Waals surface area (Å²) in [6.45, 7) is 4.22. The summed E-state index contributed by atoms with van der Waals surface area (Å²) in [4.78, 5) is 10.7. The van der Waals surface area contributed by atoms with E-state index >= 15 is 0 Å². The Kier molecular flexibility index (Phi) is 1.03. The maximum Gasteiger partial charge on any atom is 0.127 e. The molecule has 56 valence electrons. The van der Waals surface area contributed by atoms with Gasteiger partial charge in [0.15, 0.2) is 0 Å². The molecule has 1 saturated carbocycles. The maximum atomic E-state index is 10.7. The monoisotopic (exact) mass is 139 g/mol. The van der Waals surface area contributed by atoms with Crippen LogP contribution in [0.3, 0.4) is 0 Å². The summed E-state index contributed by atoms with van der Waals surface area (Å²) in [5, 5.41) is 3.26. The number of hydrogen-bond acceptors (Lipinski definition) is 2. The van der Waals surface area contributed by atoms with E-state index in [2.05, 4.69) is 12.2 Å². The van der Waals surface area contributed by atoms with Gasteiger partial charge in [-0.1, -0.05) is 6.92 Å². The third-order valence-electron chi connectivity index (χ3n) is 3.30. The summed E-state index contributed by atoms with van der Waals surface area (Å²) in [6.07, 6.45) is 3.43. The van der Waals surface area contributed by atoms with Crippen molar-refractivity contribution < 1.29 is 4.79 Å². The van der Waals surface area contributed by atoms with Crippen LogP contribution in [0, 0.1) is 10.8 Å². The largest absolute Gasteiger partial charge is 0.316 e. The smallest absolute Gasteiger partial charge is 0.127 e. The average Bonchev–Trinajstić information content (AvgIpc) is 2.56. The van der Waals surface area contributed by atoms with Gasteiger partial charge in [-0.2, -0.15) is 0 Å². The van der Waals surface area contributed by atoms with Gasteiger partial charge in [0.05, 0.1) is 0 Å². The summed E-state index contributed by atoms with van der Waals surface area (Å²) in [5.41, 5.74) is 0.394. The lowest BCUT2D eigenvalue weighted by Crippen LogP contribution is -2.36. The second kappa shape index (κ2) is 1.62. The third-order valence-corrected chi connectivity index (χ3v) is 3.30. The zero-order valence-electron chi connectivity index (χ0n) is 6.31. The first-order chi connectivity index (χ1) is 4.72. The molecule has 1 aliphatic carbocycles. The van der Waals surface area contributed by atoms with Crippen molar-refractivity contribution in [2.75, 3.05) is 13.1 Å². The number of rotatable bonds is 1. The fourth-order valence-corrected chi connectivity index (χ4v) is 2.17. The SMILES string of the molecule is C[C@]12CCNC[C@@]1(C=O)C2. The van der Waals surface area contributed by atoms with Crippen molar-refractivity contribution in [2.45, 2.75) is 19.8 Å². The van der Waals surface area contributed by atoms with E-state index in [1.165, 1.54) is 6.42 Å². The quantitative estimate of drug-likeness (QED) is 0.538. The Morgan fingerprint density at radius 2 is 2.40 bits per heavy atom. The second-order valence-electron chi connectivity index (χ2n) is 3.94. The summed E-state index contributed by atoms with van der Waals surface area (Å²) in [7, 11) is 0. The predicted molar refractivity (Wildman–Crippen MR) is 38.7 cm³/mol. The first kappa shape index (κ1) is 6.35. The van der Waals surface area contributed by atoms with Gasteiger partial charge in [0.2, 0.25) is 0 Å². The van der Waals surface area contributed by atoms with E-state index in [4.69, 9.17) is 0 Å². The third kappa shape index (κ3) is 0.553. The number of hydrogen-bond donors (Lipinski definition) is 1. The summed E-state index contributed by atoms with van der Waals surface area (Å²) in [6, 6.07) is 0. The molecule has 2 nitrogen and oxygen atoms in total. The maximum absolute atomic E-state index is 10.7. The topological polar surface area (TPSA) is 29.1 Å². The lowest BCUT2D eigenvalue weighted by atomic mass is 9.89. The first-order valence-corrected chi connectivity index (χ1v) is 3.90. The molecular formula is C8H13NO. The molecule has 2 heteroatoms. The molecule has 1 N–H and O–H groups in total. The number of carbonyl (C=O) groups excluding carboxylic acids is 1. The van der Waals surface area contributed by atoms with Gasteiger partial charge in [0.25, 0.3) is 0 Å². The molecule has 0 amide bonds. The van der Waals surface area contributed by atoms with Crippen LogP contribution < -0.4 is 5.32 Å². The van der Waals surface area contributed by atoms with Crippen molar-refractivity contribution in [3.8, 4) is 0 Å². The highest BCUT2D eigenvalue weighted by atomic mass is 16.1. The first-order valence-electron chi connectivity index (χ1n) is 3.90. The number of aldehydes is 1. The zero-order valence-corrected chi connectivity index (χ0v) is 6.31. The average molecular weight is 139 g/mol. The van der Waals surface area contributed by atoms with Gasteiger partial charge in [-0.05, 0) is 24.8 Å². The zero-order chi connectivity index (χ0) is 7.24. The van der Waals surface area contributed by atoms with E-state index in [0.717, 1.165) is 25.8 Å². The molecule has 0 radical (unpaired) electrons. The normalized spacial score (nSPS) is 51.7. The molecule has 0 aromatic rings. The highest BCUT2D eigenvalue weighted by molar-refractivity contribution is 5.67. The van der Waals surface area contributed by atoms with E-state index in [0.29, 0.717) is 5.41 Å². The van der Waals surface area contributed by atoms with Crippen LogP contribution in [0.25, 0.3) is 0 Å². The number of piperidine rings is 1.